The van der Waals surface area contributed by atoms with Crippen LogP contribution < -0.4 is 5.32 Å². The third-order valence-electron chi connectivity index (χ3n) is 6.87. The highest BCUT2D eigenvalue weighted by atomic mass is 19.1. The number of carbonyl (C=O) groups excluding carboxylic acids is 3. The van der Waals surface area contributed by atoms with Crippen molar-refractivity contribution in [3.63, 3.8) is 0 Å². The van der Waals surface area contributed by atoms with Crippen molar-refractivity contribution in [3.05, 3.63) is 71.5 Å². The van der Waals surface area contributed by atoms with Gasteiger partial charge in [0.2, 0.25) is 11.8 Å². The summed E-state index contributed by atoms with van der Waals surface area (Å²) in [5.41, 5.74) is 1.84. The molecule has 2 fully saturated rings. The second kappa shape index (κ2) is 12.0. The second-order valence-corrected chi connectivity index (χ2v) is 9.55. The molecule has 0 spiro atoms. The summed E-state index contributed by atoms with van der Waals surface area (Å²) in [7, 11) is 1.62. The smallest absolute Gasteiger partial charge is 0.334 e. The molecule has 0 aliphatic carbocycles. The van der Waals surface area contributed by atoms with Crippen LogP contribution in [0.3, 0.4) is 0 Å². The number of benzene rings is 2. The number of piperazine rings is 1. The number of aliphatic carboxylic acids is 1. The molecule has 2 aromatic carbocycles. The van der Waals surface area contributed by atoms with Crippen molar-refractivity contribution in [1.29, 1.82) is 0 Å². The molecule has 2 aliphatic rings. The molecule has 0 radical (unpaired) electrons. The fraction of sp³-hybridized carbons (Fsp3) is 0.407. The number of carbonyl (C=O) groups is 4. The van der Waals surface area contributed by atoms with E-state index in [4.69, 9.17) is 0 Å². The molecule has 2 heterocycles. The first-order valence-corrected chi connectivity index (χ1v) is 12.6. The molecule has 2 saturated heterocycles. The van der Waals surface area contributed by atoms with Gasteiger partial charge in [-0.25, -0.2) is 19.2 Å². The molecule has 38 heavy (non-hydrogen) atoms. The number of aryl methyl sites for hydroxylation is 1. The summed E-state index contributed by atoms with van der Waals surface area (Å²) in [6, 6.07) is 14.2. The van der Waals surface area contributed by atoms with E-state index >= 15 is 0 Å². The molecule has 0 aromatic heterocycles. The van der Waals surface area contributed by atoms with Gasteiger partial charge in [-0.2, -0.15) is 0 Å². The van der Waals surface area contributed by atoms with Crippen LogP contribution in [-0.2, 0) is 27.3 Å². The van der Waals surface area contributed by atoms with E-state index in [1.807, 2.05) is 30.3 Å². The third-order valence-corrected chi connectivity index (χ3v) is 6.87. The van der Waals surface area contributed by atoms with E-state index in [-0.39, 0.29) is 50.1 Å². The van der Waals surface area contributed by atoms with Crippen LogP contribution in [0, 0.1) is 5.82 Å². The third kappa shape index (κ3) is 6.28. The normalized spacial score (nSPS) is 19.9. The van der Waals surface area contributed by atoms with E-state index in [0.29, 0.717) is 18.5 Å². The van der Waals surface area contributed by atoms with Crippen LogP contribution in [0.1, 0.15) is 30.4 Å². The van der Waals surface area contributed by atoms with Gasteiger partial charge in [-0.05, 0) is 42.5 Å². The molecule has 10 nitrogen and oxygen atoms in total. The van der Waals surface area contributed by atoms with Crippen molar-refractivity contribution in [1.82, 2.24) is 25.1 Å². The Labute approximate surface area is 220 Å². The number of likely N-dealkylation sites (N-methyl/N-ethyl adjacent to an activating group) is 1. The number of nitrogens with one attached hydrogen (secondary N) is 1. The predicted octanol–water partition coefficient (Wildman–Crippen LogP) is 2.06. The minimum atomic E-state index is -1.06. The Bertz CT molecular complexity index is 1160. The molecule has 0 saturated carbocycles. The second-order valence-electron chi connectivity index (χ2n) is 9.55. The van der Waals surface area contributed by atoms with Gasteiger partial charge in [0, 0.05) is 26.6 Å². The lowest BCUT2D eigenvalue weighted by Crippen LogP contribution is -2.76. The van der Waals surface area contributed by atoms with Crippen LogP contribution in [0.15, 0.2) is 54.6 Å². The van der Waals surface area contributed by atoms with E-state index in [9.17, 15) is 28.7 Å². The number of rotatable bonds is 9. The zero-order valence-electron chi connectivity index (χ0n) is 21.3. The summed E-state index contributed by atoms with van der Waals surface area (Å²) in [5.74, 6) is -2.09. The van der Waals surface area contributed by atoms with Gasteiger partial charge in [0.15, 0.2) is 0 Å². The van der Waals surface area contributed by atoms with Crippen molar-refractivity contribution >= 4 is 23.8 Å². The molecule has 0 unspecified atom stereocenters. The van der Waals surface area contributed by atoms with Gasteiger partial charge in [-0.15, -0.1) is 0 Å². The number of halogens is 1. The minimum Gasteiger partial charge on any atom is -0.481 e. The van der Waals surface area contributed by atoms with Crippen LogP contribution >= 0.6 is 0 Å². The quantitative estimate of drug-likeness (QED) is 0.518. The van der Waals surface area contributed by atoms with Gasteiger partial charge in [-0.3, -0.25) is 14.4 Å². The Hall–Kier alpha value is -3.99. The average Bonchev–Trinajstić information content (AvgIpc) is 2.89. The number of carboxylic acid groups (broad SMARTS) is 1. The lowest BCUT2D eigenvalue weighted by Gasteiger charge is -2.54. The highest BCUT2D eigenvalue weighted by Crippen LogP contribution is 2.28. The Kier molecular flexibility index (Phi) is 8.57. The van der Waals surface area contributed by atoms with Crippen molar-refractivity contribution < 1.29 is 28.7 Å². The molecule has 4 amide bonds. The first-order valence-electron chi connectivity index (χ1n) is 12.6. The lowest BCUT2D eigenvalue weighted by molar-refractivity contribution is -0.187. The summed E-state index contributed by atoms with van der Waals surface area (Å²) in [6.45, 7) is 0.527. The Morgan fingerprint density at radius 1 is 1.05 bits per heavy atom. The zero-order chi connectivity index (χ0) is 27.2. The maximum absolute atomic E-state index is 13.5. The molecule has 2 atom stereocenters. The summed E-state index contributed by atoms with van der Waals surface area (Å²) in [5, 5.41) is 15.0. The molecule has 202 valence electrons. The summed E-state index contributed by atoms with van der Waals surface area (Å²) in [4.78, 5) is 54.2. The fourth-order valence-corrected chi connectivity index (χ4v) is 5.02. The first-order chi connectivity index (χ1) is 18.2. The topological polar surface area (TPSA) is 114 Å². The molecule has 2 N–H and O–H groups in total. The minimum absolute atomic E-state index is 0.0413. The van der Waals surface area contributed by atoms with Crippen molar-refractivity contribution in [3.8, 4) is 0 Å². The van der Waals surface area contributed by atoms with Crippen molar-refractivity contribution in [2.45, 2.75) is 44.4 Å². The van der Waals surface area contributed by atoms with E-state index in [2.05, 4.69) is 5.32 Å². The zero-order valence-corrected chi connectivity index (χ0v) is 21.3. The lowest BCUT2D eigenvalue weighted by atomic mass is 10.0. The van der Waals surface area contributed by atoms with Crippen LogP contribution in [0.5, 0.6) is 0 Å². The van der Waals surface area contributed by atoms with Gasteiger partial charge in [0.1, 0.15) is 18.0 Å². The van der Waals surface area contributed by atoms with Crippen LogP contribution in [0.4, 0.5) is 9.18 Å². The summed E-state index contributed by atoms with van der Waals surface area (Å²) in [6.07, 6.45) is 0.314. The number of carboxylic acids is 1. The van der Waals surface area contributed by atoms with Gasteiger partial charge < -0.3 is 20.2 Å². The Morgan fingerprint density at radius 3 is 2.45 bits per heavy atom. The van der Waals surface area contributed by atoms with Gasteiger partial charge >= 0.3 is 12.0 Å². The number of nitrogens with zero attached hydrogens (tertiary/aromatic N) is 4. The molecule has 0 bridgehead atoms. The van der Waals surface area contributed by atoms with Crippen molar-refractivity contribution in [2.24, 2.45) is 0 Å². The number of hydrogen-bond acceptors (Lipinski definition) is 5. The van der Waals surface area contributed by atoms with Crippen LogP contribution in [0.2, 0.25) is 0 Å². The number of urea groups is 1. The van der Waals surface area contributed by atoms with Crippen molar-refractivity contribution in [2.75, 3.05) is 26.7 Å². The SMILES string of the molecule is CN1CC(=O)N2[C@@H](CCC(=O)O)C(=O)N(CCCc3ccccc3)C[C@@H]2N1C(=O)NCc1ccc(F)cc1. The maximum atomic E-state index is 13.5. The van der Waals surface area contributed by atoms with Gasteiger partial charge in [0.05, 0.1) is 13.1 Å². The number of amides is 4. The van der Waals surface area contributed by atoms with E-state index in [0.717, 1.165) is 12.0 Å². The highest BCUT2D eigenvalue weighted by molar-refractivity contribution is 5.91. The first kappa shape index (κ1) is 27.1. The van der Waals surface area contributed by atoms with E-state index in [1.54, 1.807) is 24.1 Å². The van der Waals surface area contributed by atoms with Gasteiger partial charge in [0.25, 0.3) is 0 Å². The van der Waals surface area contributed by atoms with Gasteiger partial charge in [-0.1, -0.05) is 42.5 Å². The highest BCUT2D eigenvalue weighted by Gasteiger charge is 2.50. The number of fused-ring (bicyclic) bond motifs is 1. The predicted molar refractivity (Wildman–Crippen MR) is 136 cm³/mol. The largest absolute Gasteiger partial charge is 0.481 e. The standard InChI is InChI=1S/C27H32FN5O5/c1-30-18-24(34)32-22(13-14-25(35)36)26(37)31(15-5-8-19-6-3-2-4-7-19)17-23(32)33(30)27(38)29-16-20-9-11-21(28)12-10-20/h2-4,6-7,9-12,22-23H,5,8,13-18H2,1H3,(H,29,38)(H,35,36)/t22-,23-/m0/s1. The number of hydrazine groups is 1. The Balaban J connectivity index is 1.53. The van der Waals surface area contributed by atoms with E-state index < -0.39 is 24.2 Å². The monoisotopic (exact) mass is 525 g/mol. The molecule has 2 aromatic rings. The average molecular weight is 526 g/mol. The summed E-state index contributed by atoms with van der Waals surface area (Å²) >= 11 is 0. The summed E-state index contributed by atoms with van der Waals surface area (Å²) < 4.78 is 13.2. The molecular formula is C27H32FN5O5. The Morgan fingerprint density at radius 2 is 1.76 bits per heavy atom. The maximum Gasteiger partial charge on any atom is 0.334 e. The molecule has 4 rings (SSSR count). The van der Waals surface area contributed by atoms with E-state index in [1.165, 1.54) is 27.1 Å². The molecular weight excluding hydrogens is 493 g/mol. The molecule has 11 heteroatoms. The fourth-order valence-electron chi connectivity index (χ4n) is 5.02. The molecule has 2 aliphatic heterocycles. The number of hydrogen-bond donors (Lipinski definition) is 2. The van der Waals surface area contributed by atoms with Crippen LogP contribution in [0.25, 0.3) is 0 Å². The van der Waals surface area contributed by atoms with Crippen LogP contribution in [-0.4, -0.2) is 87.6 Å².